The van der Waals surface area contributed by atoms with Crippen LogP contribution in [0, 0.1) is 6.92 Å². The summed E-state index contributed by atoms with van der Waals surface area (Å²) in [4.78, 5) is 24.3. The number of para-hydroxylation sites is 1. The zero-order valence-corrected chi connectivity index (χ0v) is 15.5. The molecule has 0 aromatic heterocycles. The van der Waals surface area contributed by atoms with E-state index in [1.807, 2.05) is 43.3 Å². The van der Waals surface area contributed by atoms with Crippen LogP contribution in [0.1, 0.15) is 37.7 Å². The Morgan fingerprint density at radius 2 is 1.59 bits per heavy atom. The van der Waals surface area contributed by atoms with Crippen molar-refractivity contribution in [1.82, 2.24) is 0 Å². The lowest BCUT2D eigenvalue weighted by molar-refractivity contribution is 0.0865. The van der Waals surface area contributed by atoms with Crippen LogP contribution in [-0.4, -0.2) is 18.2 Å². The summed E-state index contributed by atoms with van der Waals surface area (Å²) >= 11 is 0. The molecule has 6 nitrogen and oxygen atoms in total. The molecule has 2 aromatic rings. The molecule has 6 heteroatoms. The minimum Gasteiger partial charge on any atom is -0.446 e. The van der Waals surface area contributed by atoms with E-state index in [1.54, 1.807) is 12.1 Å². The van der Waals surface area contributed by atoms with E-state index >= 15 is 0 Å². The molecule has 0 saturated heterocycles. The van der Waals surface area contributed by atoms with Gasteiger partial charge in [0.1, 0.15) is 6.10 Å². The highest BCUT2D eigenvalue weighted by molar-refractivity contribution is 6.00. The Balaban J connectivity index is 1.58. The zero-order valence-electron chi connectivity index (χ0n) is 15.5. The smallest absolute Gasteiger partial charge is 0.411 e. The first-order valence-electron chi connectivity index (χ1n) is 9.31. The fourth-order valence-corrected chi connectivity index (χ4v) is 3.12. The van der Waals surface area contributed by atoms with Gasteiger partial charge in [0, 0.05) is 17.1 Å². The first kappa shape index (κ1) is 18.8. The zero-order chi connectivity index (χ0) is 19.1. The van der Waals surface area contributed by atoms with Crippen molar-refractivity contribution in [1.29, 1.82) is 0 Å². The molecule has 0 unspecified atom stereocenters. The molecule has 1 saturated carbocycles. The Hall–Kier alpha value is -3.02. The van der Waals surface area contributed by atoms with Gasteiger partial charge in [0.05, 0.1) is 0 Å². The van der Waals surface area contributed by atoms with Gasteiger partial charge in [0.25, 0.3) is 0 Å². The molecule has 2 aromatic carbocycles. The largest absolute Gasteiger partial charge is 0.446 e. The van der Waals surface area contributed by atoms with Crippen LogP contribution in [0.5, 0.6) is 0 Å². The maximum atomic E-state index is 12.2. The molecule has 0 heterocycles. The van der Waals surface area contributed by atoms with Gasteiger partial charge in [-0.3, -0.25) is 5.32 Å². The Kier molecular flexibility index (Phi) is 6.30. The van der Waals surface area contributed by atoms with Gasteiger partial charge in [-0.25, -0.2) is 9.59 Å². The van der Waals surface area contributed by atoms with E-state index in [4.69, 9.17) is 4.74 Å². The topological polar surface area (TPSA) is 79.5 Å². The van der Waals surface area contributed by atoms with E-state index < -0.39 is 6.09 Å². The van der Waals surface area contributed by atoms with E-state index in [-0.39, 0.29) is 12.1 Å². The molecule has 3 N–H and O–H groups in total. The predicted molar refractivity (Wildman–Crippen MR) is 107 cm³/mol. The second kappa shape index (κ2) is 9.07. The van der Waals surface area contributed by atoms with Crippen molar-refractivity contribution in [2.75, 3.05) is 16.0 Å². The predicted octanol–water partition coefficient (Wildman–Crippen LogP) is 5.52. The number of hydrogen-bond acceptors (Lipinski definition) is 3. The summed E-state index contributed by atoms with van der Waals surface area (Å²) < 4.78 is 5.50. The molecule has 3 rings (SSSR count). The van der Waals surface area contributed by atoms with Crippen LogP contribution in [0.25, 0.3) is 0 Å². The van der Waals surface area contributed by atoms with Gasteiger partial charge in [0.15, 0.2) is 0 Å². The average Bonchev–Trinajstić information content (AvgIpc) is 2.66. The summed E-state index contributed by atoms with van der Waals surface area (Å²) in [5, 5.41) is 8.32. The molecule has 3 amide bonds. The molecule has 0 spiro atoms. The number of ether oxygens (including phenoxy) is 1. The number of hydrogen-bond donors (Lipinski definition) is 3. The standard InChI is InChI=1S/C21H25N3O3/c1-15-12-13-17(23-20(25)22-16-8-4-2-5-9-16)14-19(15)24-21(26)27-18-10-6-3-7-11-18/h2,4-5,8-9,12-14,18H,3,6-7,10-11H2,1H3,(H,24,26)(H2,22,23,25). The molecule has 1 aliphatic carbocycles. The summed E-state index contributed by atoms with van der Waals surface area (Å²) in [6, 6.07) is 14.2. The first-order valence-corrected chi connectivity index (χ1v) is 9.31. The third kappa shape index (κ3) is 5.74. The molecule has 1 aliphatic rings. The first-order chi connectivity index (χ1) is 13.1. The fourth-order valence-electron chi connectivity index (χ4n) is 3.12. The van der Waals surface area contributed by atoms with E-state index in [2.05, 4.69) is 16.0 Å². The SMILES string of the molecule is Cc1ccc(NC(=O)Nc2ccccc2)cc1NC(=O)OC1CCCCC1. The Morgan fingerprint density at radius 1 is 0.889 bits per heavy atom. The highest BCUT2D eigenvalue weighted by Crippen LogP contribution is 2.23. The van der Waals surface area contributed by atoms with Crippen LogP contribution in [0.2, 0.25) is 0 Å². The van der Waals surface area contributed by atoms with Gasteiger partial charge < -0.3 is 15.4 Å². The third-order valence-corrected chi connectivity index (χ3v) is 4.59. The number of urea groups is 1. The molecule has 142 valence electrons. The maximum absolute atomic E-state index is 12.2. The maximum Gasteiger partial charge on any atom is 0.411 e. The summed E-state index contributed by atoms with van der Waals surface area (Å²) in [5.41, 5.74) is 2.80. The molecular formula is C21H25N3O3. The number of rotatable bonds is 4. The van der Waals surface area contributed by atoms with Crippen LogP contribution < -0.4 is 16.0 Å². The third-order valence-electron chi connectivity index (χ3n) is 4.59. The van der Waals surface area contributed by atoms with E-state index in [1.165, 1.54) is 6.42 Å². The number of amides is 3. The average molecular weight is 367 g/mol. The van der Waals surface area contributed by atoms with Gasteiger partial charge in [-0.1, -0.05) is 30.7 Å². The van der Waals surface area contributed by atoms with Crippen LogP contribution in [0.3, 0.4) is 0 Å². The van der Waals surface area contributed by atoms with Crippen molar-refractivity contribution < 1.29 is 14.3 Å². The number of carbonyl (C=O) groups is 2. The highest BCUT2D eigenvalue weighted by atomic mass is 16.6. The quantitative estimate of drug-likeness (QED) is 0.665. The summed E-state index contributed by atoms with van der Waals surface area (Å²) in [5.74, 6) is 0. The highest BCUT2D eigenvalue weighted by Gasteiger charge is 2.18. The Bertz CT molecular complexity index is 787. The van der Waals surface area contributed by atoms with Gasteiger partial charge in [0.2, 0.25) is 0 Å². The van der Waals surface area contributed by atoms with Gasteiger partial charge in [-0.15, -0.1) is 0 Å². The van der Waals surface area contributed by atoms with E-state index in [0.717, 1.165) is 31.2 Å². The van der Waals surface area contributed by atoms with Crippen LogP contribution >= 0.6 is 0 Å². The lowest BCUT2D eigenvalue weighted by atomic mass is 9.98. The van der Waals surface area contributed by atoms with Gasteiger partial charge in [-0.05, 0) is 62.4 Å². The monoisotopic (exact) mass is 367 g/mol. The lowest BCUT2D eigenvalue weighted by Gasteiger charge is -2.22. The number of benzene rings is 2. The Labute approximate surface area is 159 Å². The van der Waals surface area contributed by atoms with Crippen molar-refractivity contribution in [2.24, 2.45) is 0 Å². The number of nitrogens with one attached hydrogen (secondary N) is 3. The molecular weight excluding hydrogens is 342 g/mol. The van der Waals surface area contributed by atoms with Crippen molar-refractivity contribution in [3.8, 4) is 0 Å². The molecule has 0 radical (unpaired) electrons. The number of anilines is 3. The molecule has 1 fully saturated rings. The summed E-state index contributed by atoms with van der Waals surface area (Å²) in [6.07, 6.45) is 4.81. The number of carbonyl (C=O) groups excluding carboxylic acids is 2. The summed E-state index contributed by atoms with van der Waals surface area (Å²) in [7, 11) is 0. The summed E-state index contributed by atoms with van der Waals surface area (Å²) in [6.45, 7) is 1.89. The second-order valence-electron chi connectivity index (χ2n) is 6.77. The van der Waals surface area contributed by atoms with E-state index in [9.17, 15) is 9.59 Å². The number of aryl methyl sites for hydroxylation is 1. The lowest BCUT2D eigenvalue weighted by Crippen LogP contribution is -2.24. The molecule has 27 heavy (non-hydrogen) atoms. The van der Waals surface area contributed by atoms with Crippen LogP contribution in [0.4, 0.5) is 26.7 Å². The normalized spacial score (nSPS) is 14.3. The van der Waals surface area contributed by atoms with Gasteiger partial charge >= 0.3 is 12.1 Å². The van der Waals surface area contributed by atoms with Crippen LogP contribution in [0.15, 0.2) is 48.5 Å². The van der Waals surface area contributed by atoms with Crippen molar-refractivity contribution in [3.63, 3.8) is 0 Å². The minimum absolute atomic E-state index is 0.00276. The van der Waals surface area contributed by atoms with Crippen LogP contribution in [-0.2, 0) is 4.74 Å². The molecule has 0 atom stereocenters. The van der Waals surface area contributed by atoms with Crippen molar-refractivity contribution >= 4 is 29.2 Å². The van der Waals surface area contributed by atoms with E-state index in [0.29, 0.717) is 17.1 Å². The van der Waals surface area contributed by atoms with Gasteiger partial charge in [-0.2, -0.15) is 0 Å². The molecule has 0 bridgehead atoms. The minimum atomic E-state index is -0.448. The fraction of sp³-hybridized carbons (Fsp3) is 0.333. The Morgan fingerprint density at radius 3 is 2.33 bits per heavy atom. The van der Waals surface area contributed by atoms with Crippen molar-refractivity contribution in [2.45, 2.75) is 45.1 Å². The molecule has 0 aliphatic heterocycles. The second-order valence-corrected chi connectivity index (χ2v) is 6.77. The van der Waals surface area contributed by atoms with Crippen molar-refractivity contribution in [3.05, 3.63) is 54.1 Å².